The maximum Gasteiger partial charge on any atom is 0.323 e. The Labute approximate surface area is 114 Å². The Morgan fingerprint density at radius 3 is 2.40 bits per heavy atom. The summed E-state index contributed by atoms with van der Waals surface area (Å²) in [5.41, 5.74) is 1.47. The first kappa shape index (κ1) is 13.5. The van der Waals surface area contributed by atoms with Crippen LogP contribution in [0.5, 0.6) is 0 Å². The molecule has 0 saturated carbocycles. The zero-order valence-corrected chi connectivity index (χ0v) is 10.4. The van der Waals surface area contributed by atoms with Crippen molar-refractivity contribution in [3.8, 4) is 0 Å². The van der Waals surface area contributed by atoms with Crippen LogP contribution < -0.4 is 10.6 Å². The number of nitrogens with one attached hydrogen (secondary N) is 2. The summed E-state index contributed by atoms with van der Waals surface area (Å²) in [6, 6.07) is 6.13. The van der Waals surface area contributed by atoms with Crippen molar-refractivity contribution in [2.45, 2.75) is 6.42 Å². The molecule has 2 rings (SSSR count). The van der Waals surface area contributed by atoms with E-state index in [-0.39, 0.29) is 6.42 Å². The predicted molar refractivity (Wildman–Crippen MR) is 72.5 cm³/mol. The molecule has 0 bridgehead atoms. The molecule has 3 N–H and O–H groups in total. The third kappa shape index (κ3) is 4.05. The minimum atomic E-state index is -0.951. The van der Waals surface area contributed by atoms with Crippen LogP contribution in [0, 0.1) is 0 Å². The molecule has 0 aliphatic heterocycles. The highest BCUT2D eigenvalue weighted by Crippen LogP contribution is 2.08. The average molecular weight is 272 g/mol. The zero-order valence-electron chi connectivity index (χ0n) is 10.4. The second-order valence-corrected chi connectivity index (χ2v) is 3.93. The van der Waals surface area contributed by atoms with Crippen LogP contribution in [0.3, 0.4) is 0 Å². The normalized spacial score (nSPS) is 9.80. The molecule has 102 valence electrons. The largest absolute Gasteiger partial charge is 0.481 e. The number of aromatic nitrogens is 2. The Balaban J connectivity index is 1.93. The molecular weight excluding hydrogens is 260 g/mol. The van der Waals surface area contributed by atoms with E-state index < -0.39 is 12.0 Å². The van der Waals surface area contributed by atoms with Crippen LogP contribution in [-0.2, 0) is 11.2 Å². The van der Waals surface area contributed by atoms with Crippen LogP contribution in [0.2, 0.25) is 0 Å². The summed E-state index contributed by atoms with van der Waals surface area (Å²) in [5.74, 6) is -0.951. The SMILES string of the molecule is O=C(O)Cc1ccc(NC(=O)Nc2cccnc2)cn1. The number of rotatable bonds is 4. The fourth-order valence-electron chi connectivity index (χ4n) is 1.49. The molecule has 0 spiro atoms. The molecule has 0 atom stereocenters. The van der Waals surface area contributed by atoms with Gasteiger partial charge < -0.3 is 15.7 Å². The standard InChI is InChI=1S/C13H12N4O3/c18-12(19)6-9-3-4-11(8-15-9)17-13(20)16-10-2-1-5-14-7-10/h1-5,7-8H,6H2,(H,18,19)(H2,16,17,20). The third-order valence-corrected chi connectivity index (χ3v) is 2.33. The highest BCUT2D eigenvalue weighted by molar-refractivity contribution is 5.99. The number of carbonyl (C=O) groups excluding carboxylic acids is 1. The lowest BCUT2D eigenvalue weighted by atomic mass is 10.2. The molecule has 2 amide bonds. The van der Waals surface area contributed by atoms with Crippen LogP contribution in [0.1, 0.15) is 5.69 Å². The van der Waals surface area contributed by atoms with Crippen molar-refractivity contribution in [1.29, 1.82) is 0 Å². The molecule has 7 heteroatoms. The van der Waals surface area contributed by atoms with Gasteiger partial charge in [0.1, 0.15) is 0 Å². The third-order valence-electron chi connectivity index (χ3n) is 2.33. The minimum Gasteiger partial charge on any atom is -0.481 e. The van der Waals surface area contributed by atoms with E-state index in [2.05, 4.69) is 20.6 Å². The summed E-state index contributed by atoms with van der Waals surface area (Å²) in [4.78, 5) is 30.0. The van der Waals surface area contributed by atoms with Gasteiger partial charge in [-0.05, 0) is 24.3 Å². The van der Waals surface area contributed by atoms with Crippen LogP contribution in [-0.4, -0.2) is 27.1 Å². The lowest BCUT2D eigenvalue weighted by molar-refractivity contribution is -0.136. The Kier molecular flexibility index (Phi) is 4.23. The van der Waals surface area contributed by atoms with Crippen molar-refractivity contribution in [3.05, 3.63) is 48.5 Å². The zero-order chi connectivity index (χ0) is 14.4. The van der Waals surface area contributed by atoms with Crippen LogP contribution in [0.15, 0.2) is 42.9 Å². The van der Waals surface area contributed by atoms with Crippen molar-refractivity contribution >= 4 is 23.4 Å². The van der Waals surface area contributed by atoms with Crippen molar-refractivity contribution in [1.82, 2.24) is 9.97 Å². The number of carbonyl (C=O) groups is 2. The smallest absolute Gasteiger partial charge is 0.323 e. The molecule has 0 saturated heterocycles. The van der Waals surface area contributed by atoms with E-state index in [9.17, 15) is 9.59 Å². The van der Waals surface area contributed by atoms with Crippen LogP contribution in [0.25, 0.3) is 0 Å². The molecular formula is C13H12N4O3. The monoisotopic (exact) mass is 272 g/mol. The number of amides is 2. The van der Waals surface area contributed by atoms with Gasteiger partial charge in [0.25, 0.3) is 0 Å². The number of anilines is 2. The number of carboxylic acids is 1. The van der Waals surface area contributed by atoms with Crippen LogP contribution in [0.4, 0.5) is 16.2 Å². The Morgan fingerprint density at radius 2 is 1.85 bits per heavy atom. The molecule has 0 fully saturated rings. The van der Waals surface area contributed by atoms with Gasteiger partial charge in [-0.3, -0.25) is 14.8 Å². The van der Waals surface area contributed by atoms with Crippen molar-refractivity contribution < 1.29 is 14.7 Å². The van der Waals surface area contributed by atoms with Crippen molar-refractivity contribution in [3.63, 3.8) is 0 Å². The summed E-state index contributed by atoms with van der Waals surface area (Å²) >= 11 is 0. The van der Waals surface area contributed by atoms with Gasteiger partial charge in [-0.15, -0.1) is 0 Å². The van der Waals surface area contributed by atoms with Gasteiger partial charge >= 0.3 is 12.0 Å². The number of urea groups is 1. The highest BCUT2D eigenvalue weighted by Gasteiger charge is 2.05. The molecule has 0 aliphatic rings. The van der Waals surface area contributed by atoms with E-state index in [1.165, 1.54) is 12.4 Å². The molecule has 0 aliphatic carbocycles. The predicted octanol–water partition coefficient (Wildman–Crippen LogP) is 1.75. The lowest BCUT2D eigenvalue weighted by Crippen LogP contribution is -2.19. The molecule has 0 aromatic carbocycles. The number of pyridine rings is 2. The first-order valence-corrected chi connectivity index (χ1v) is 5.78. The highest BCUT2D eigenvalue weighted by atomic mass is 16.4. The first-order valence-electron chi connectivity index (χ1n) is 5.78. The second kappa shape index (κ2) is 6.28. The van der Waals surface area contributed by atoms with E-state index in [1.54, 1.807) is 30.5 Å². The number of nitrogens with zero attached hydrogens (tertiary/aromatic N) is 2. The van der Waals surface area contributed by atoms with E-state index in [1.807, 2.05) is 0 Å². The topological polar surface area (TPSA) is 104 Å². The molecule has 0 radical (unpaired) electrons. The maximum absolute atomic E-state index is 11.7. The van der Waals surface area contributed by atoms with Crippen molar-refractivity contribution in [2.75, 3.05) is 10.6 Å². The van der Waals surface area contributed by atoms with Crippen LogP contribution >= 0.6 is 0 Å². The van der Waals surface area contributed by atoms with E-state index in [4.69, 9.17) is 5.11 Å². The number of hydrogen-bond acceptors (Lipinski definition) is 4. The van der Waals surface area contributed by atoms with Gasteiger partial charge in [0, 0.05) is 6.20 Å². The lowest BCUT2D eigenvalue weighted by Gasteiger charge is -2.07. The van der Waals surface area contributed by atoms with Gasteiger partial charge in [0.2, 0.25) is 0 Å². The number of hydrogen-bond donors (Lipinski definition) is 3. The fourth-order valence-corrected chi connectivity index (χ4v) is 1.49. The van der Waals surface area contributed by atoms with Gasteiger partial charge in [0.15, 0.2) is 0 Å². The summed E-state index contributed by atoms with van der Waals surface area (Å²) in [6.45, 7) is 0. The molecule has 2 aromatic heterocycles. The number of carboxylic acid groups (broad SMARTS) is 1. The van der Waals surface area contributed by atoms with Gasteiger partial charge in [-0.1, -0.05) is 0 Å². The summed E-state index contributed by atoms with van der Waals surface area (Å²) in [6.07, 6.45) is 4.38. The van der Waals surface area contributed by atoms with E-state index in [0.29, 0.717) is 17.1 Å². The van der Waals surface area contributed by atoms with E-state index in [0.717, 1.165) is 0 Å². The fraction of sp³-hybridized carbons (Fsp3) is 0.0769. The Bertz CT molecular complexity index is 599. The summed E-state index contributed by atoms with van der Waals surface area (Å²) < 4.78 is 0. The first-order chi connectivity index (χ1) is 9.63. The van der Waals surface area contributed by atoms with Gasteiger partial charge in [-0.2, -0.15) is 0 Å². The Morgan fingerprint density at radius 1 is 1.10 bits per heavy atom. The number of aliphatic carboxylic acids is 1. The summed E-state index contributed by atoms with van der Waals surface area (Å²) in [7, 11) is 0. The molecule has 7 nitrogen and oxygen atoms in total. The maximum atomic E-state index is 11.7. The van der Waals surface area contributed by atoms with Gasteiger partial charge in [0.05, 0.1) is 35.9 Å². The molecule has 2 heterocycles. The molecule has 20 heavy (non-hydrogen) atoms. The minimum absolute atomic E-state index is 0.151. The van der Waals surface area contributed by atoms with E-state index >= 15 is 0 Å². The Hall–Kier alpha value is -2.96. The summed E-state index contributed by atoms with van der Waals surface area (Å²) in [5, 5.41) is 13.8. The quantitative estimate of drug-likeness (QED) is 0.786. The van der Waals surface area contributed by atoms with Crippen molar-refractivity contribution in [2.24, 2.45) is 0 Å². The average Bonchev–Trinajstić information content (AvgIpc) is 2.41. The molecule has 2 aromatic rings. The van der Waals surface area contributed by atoms with Gasteiger partial charge in [-0.25, -0.2) is 4.79 Å². The molecule has 0 unspecified atom stereocenters. The second-order valence-electron chi connectivity index (χ2n) is 3.93.